The normalized spacial score (nSPS) is 18.9. The molecular weight excluding hydrogens is 456 g/mol. The number of phenols is 1. The van der Waals surface area contributed by atoms with Crippen LogP contribution in [-0.4, -0.2) is 25.8 Å². The number of carbonyl (C=O) groups excluding carboxylic acids is 1. The molecule has 1 aromatic heterocycles. The lowest BCUT2D eigenvalue weighted by molar-refractivity contribution is -0.384. The number of hydrogen-bond acceptors (Lipinski definition) is 8. The fraction of sp³-hybridized carbons (Fsp3) is 0.208. The number of phenolic OH excluding ortho intramolecular Hbond substituents is 1. The molecule has 2 aliphatic rings. The van der Waals surface area contributed by atoms with Crippen LogP contribution in [0.25, 0.3) is 0 Å². The first kappa shape index (κ1) is 21.9. The number of aromatic hydroxyl groups is 1. The first-order chi connectivity index (χ1) is 16.4. The molecule has 0 fully saturated rings. The van der Waals surface area contributed by atoms with Gasteiger partial charge in [0.15, 0.2) is 5.16 Å². The van der Waals surface area contributed by atoms with Crippen LogP contribution < -0.4 is 10.9 Å². The van der Waals surface area contributed by atoms with Gasteiger partial charge in [-0.3, -0.25) is 19.7 Å². The van der Waals surface area contributed by atoms with Crippen molar-refractivity contribution in [2.75, 3.05) is 5.32 Å². The van der Waals surface area contributed by atoms with E-state index in [4.69, 9.17) is 0 Å². The number of nitrogens with one attached hydrogen (secondary N) is 2. The van der Waals surface area contributed by atoms with E-state index in [1.165, 1.54) is 23.9 Å². The Morgan fingerprint density at radius 1 is 1.15 bits per heavy atom. The Hall–Kier alpha value is -3.92. The standard InChI is InChI=1S/C24H20N4O5S/c29-16-4-1-3-14(11-16)19-20-17(5-2-6-18(20)30)25-22-21(19)23(31)27-24(26-22)34-12-13-7-9-15(10-8-13)28(32)33/h1,3-5,7-11,19-20,29H,2,6,12H2,(H2,25,26,27,31)/t19-,20-/m0/s1. The van der Waals surface area contributed by atoms with Crippen LogP contribution in [-0.2, 0) is 10.5 Å². The molecule has 0 saturated heterocycles. The zero-order chi connectivity index (χ0) is 23.8. The van der Waals surface area contributed by atoms with E-state index in [0.717, 1.165) is 11.3 Å². The van der Waals surface area contributed by atoms with Gasteiger partial charge in [-0.2, -0.15) is 0 Å². The molecule has 9 nitrogen and oxygen atoms in total. The number of nitro groups is 1. The number of hydrogen-bond donors (Lipinski definition) is 3. The SMILES string of the molecule is O=C1CCC=C2Nc3nc(SCc4ccc([N+](=O)[O-])cc4)[nH]c(=O)c3[C@@H](c3cccc(O)c3)[C@H]12. The number of non-ortho nitro benzene ring substituents is 1. The van der Waals surface area contributed by atoms with E-state index in [0.29, 0.717) is 40.7 Å². The van der Waals surface area contributed by atoms with E-state index >= 15 is 0 Å². The number of nitrogens with zero attached hydrogens (tertiary/aromatic N) is 2. The maximum atomic E-state index is 13.2. The van der Waals surface area contributed by atoms with E-state index in [1.54, 1.807) is 36.4 Å². The summed E-state index contributed by atoms with van der Waals surface area (Å²) in [5.74, 6) is -0.150. The number of H-pyrrole nitrogens is 1. The molecule has 0 radical (unpaired) electrons. The Labute approximate surface area is 198 Å². The minimum Gasteiger partial charge on any atom is -0.508 e. The lowest BCUT2D eigenvalue weighted by atomic mass is 9.72. The van der Waals surface area contributed by atoms with E-state index in [2.05, 4.69) is 15.3 Å². The molecular formula is C24H20N4O5S. The quantitative estimate of drug-likeness (QED) is 0.217. The first-order valence-electron chi connectivity index (χ1n) is 10.7. The Bertz CT molecular complexity index is 1380. The summed E-state index contributed by atoms with van der Waals surface area (Å²) in [5, 5.41) is 24.5. The lowest BCUT2D eigenvalue weighted by Gasteiger charge is -2.36. The highest BCUT2D eigenvalue weighted by molar-refractivity contribution is 7.98. The predicted molar refractivity (Wildman–Crippen MR) is 127 cm³/mol. The summed E-state index contributed by atoms with van der Waals surface area (Å²) in [5.41, 5.74) is 2.27. The van der Waals surface area contributed by atoms with Crippen LogP contribution in [0.3, 0.4) is 0 Å². The Morgan fingerprint density at radius 3 is 2.68 bits per heavy atom. The highest BCUT2D eigenvalue weighted by Gasteiger charge is 2.42. The van der Waals surface area contributed by atoms with Crippen LogP contribution in [0.2, 0.25) is 0 Å². The van der Waals surface area contributed by atoms with E-state index in [-0.39, 0.29) is 22.8 Å². The number of aromatic amines is 1. The fourth-order valence-electron chi connectivity index (χ4n) is 4.48. The average Bonchev–Trinajstić information content (AvgIpc) is 2.82. The van der Waals surface area contributed by atoms with Crippen LogP contribution in [0.15, 0.2) is 70.3 Å². The number of allylic oxidation sites excluding steroid dienone is 2. The molecule has 1 aliphatic heterocycles. The number of carbonyl (C=O) groups is 1. The maximum absolute atomic E-state index is 13.2. The molecule has 2 heterocycles. The number of thioether (sulfide) groups is 1. The van der Waals surface area contributed by atoms with Crippen LogP contribution in [0.1, 0.15) is 35.4 Å². The molecule has 0 bridgehead atoms. The maximum Gasteiger partial charge on any atom is 0.269 e. The molecule has 34 heavy (non-hydrogen) atoms. The second kappa shape index (κ2) is 8.79. The molecule has 0 saturated carbocycles. The summed E-state index contributed by atoms with van der Waals surface area (Å²) in [6.07, 6.45) is 2.98. The van der Waals surface area contributed by atoms with Gasteiger partial charge in [0.05, 0.1) is 16.4 Å². The summed E-state index contributed by atoms with van der Waals surface area (Å²) in [6.45, 7) is 0. The van der Waals surface area contributed by atoms with Crippen molar-refractivity contribution < 1.29 is 14.8 Å². The molecule has 10 heteroatoms. The number of fused-ring (bicyclic) bond motifs is 2. The molecule has 2 atom stereocenters. The van der Waals surface area contributed by atoms with Gasteiger partial charge >= 0.3 is 0 Å². The van der Waals surface area contributed by atoms with Crippen LogP contribution in [0.5, 0.6) is 5.75 Å². The Balaban J connectivity index is 1.50. The van der Waals surface area contributed by atoms with E-state index in [9.17, 15) is 24.8 Å². The van der Waals surface area contributed by atoms with Gasteiger partial charge in [0, 0.05) is 35.9 Å². The molecule has 1 aliphatic carbocycles. The van der Waals surface area contributed by atoms with Crippen molar-refractivity contribution in [2.24, 2.45) is 5.92 Å². The van der Waals surface area contributed by atoms with Gasteiger partial charge < -0.3 is 15.4 Å². The van der Waals surface area contributed by atoms with Gasteiger partial charge in [-0.05, 0) is 29.7 Å². The molecule has 3 aromatic rings. The van der Waals surface area contributed by atoms with Gasteiger partial charge in [-0.15, -0.1) is 0 Å². The number of ketones is 1. The van der Waals surface area contributed by atoms with Crippen molar-refractivity contribution in [1.29, 1.82) is 0 Å². The van der Waals surface area contributed by atoms with Gasteiger partial charge in [0.1, 0.15) is 17.4 Å². The van der Waals surface area contributed by atoms with Crippen molar-refractivity contribution in [3.05, 3.63) is 97.5 Å². The van der Waals surface area contributed by atoms with Gasteiger partial charge in [0.25, 0.3) is 11.2 Å². The van der Waals surface area contributed by atoms with Crippen molar-refractivity contribution >= 4 is 29.1 Å². The first-order valence-corrected chi connectivity index (χ1v) is 11.7. The summed E-state index contributed by atoms with van der Waals surface area (Å²) in [6, 6.07) is 12.8. The minimum atomic E-state index is -0.563. The number of aromatic nitrogens is 2. The average molecular weight is 477 g/mol. The predicted octanol–water partition coefficient (Wildman–Crippen LogP) is 4.10. The molecule has 0 amide bonds. The second-order valence-corrected chi connectivity index (χ2v) is 9.15. The monoisotopic (exact) mass is 476 g/mol. The topological polar surface area (TPSA) is 138 Å². The van der Waals surface area contributed by atoms with E-state index < -0.39 is 16.8 Å². The summed E-state index contributed by atoms with van der Waals surface area (Å²) >= 11 is 1.30. The third-order valence-electron chi connectivity index (χ3n) is 6.03. The lowest BCUT2D eigenvalue weighted by Crippen LogP contribution is -2.38. The number of anilines is 1. The molecule has 2 aromatic carbocycles. The van der Waals surface area contributed by atoms with Gasteiger partial charge in [-0.25, -0.2) is 4.98 Å². The highest BCUT2D eigenvalue weighted by atomic mass is 32.2. The van der Waals surface area contributed by atoms with Gasteiger partial charge in [-0.1, -0.05) is 42.1 Å². The molecule has 0 spiro atoms. The van der Waals surface area contributed by atoms with Crippen molar-refractivity contribution in [2.45, 2.75) is 29.7 Å². The third-order valence-corrected chi connectivity index (χ3v) is 6.97. The number of rotatable bonds is 5. The van der Waals surface area contributed by atoms with Crippen LogP contribution >= 0.6 is 11.8 Å². The zero-order valence-corrected chi connectivity index (χ0v) is 18.7. The van der Waals surface area contributed by atoms with Crippen molar-refractivity contribution in [3.8, 4) is 5.75 Å². The zero-order valence-electron chi connectivity index (χ0n) is 17.9. The largest absolute Gasteiger partial charge is 0.508 e. The Kier molecular flexibility index (Phi) is 5.66. The van der Waals surface area contributed by atoms with E-state index in [1.807, 2.05) is 6.08 Å². The number of benzene rings is 2. The number of Topliss-reactive ketones (excluding diaryl/α,β-unsaturated/α-hetero) is 1. The Morgan fingerprint density at radius 2 is 1.94 bits per heavy atom. The summed E-state index contributed by atoms with van der Waals surface area (Å²) < 4.78 is 0. The molecule has 172 valence electrons. The highest BCUT2D eigenvalue weighted by Crippen LogP contribution is 2.45. The van der Waals surface area contributed by atoms with Crippen LogP contribution in [0, 0.1) is 16.0 Å². The number of nitro benzene ring substituents is 1. The molecule has 5 rings (SSSR count). The fourth-order valence-corrected chi connectivity index (χ4v) is 5.30. The van der Waals surface area contributed by atoms with Crippen LogP contribution in [0.4, 0.5) is 11.5 Å². The van der Waals surface area contributed by atoms with Gasteiger partial charge in [0.2, 0.25) is 0 Å². The minimum absolute atomic E-state index is 0.0149. The van der Waals surface area contributed by atoms with Crippen molar-refractivity contribution in [3.63, 3.8) is 0 Å². The molecule has 3 N–H and O–H groups in total. The molecule has 0 unspecified atom stereocenters. The van der Waals surface area contributed by atoms with Crippen molar-refractivity contribution in [1.82, 2.24) is 9.97 Å². The third kappa shape index (κ3) is 4.08. The summed E-state index contributed by atoms with van der Waals surface area (Å²) in [7, 11) is 0. The smallest absolute Gasteiger partial charge is 0.269 e. The summed E-state index contributed by atoms with van der Waals surface area (Å²) in [4.78, 5) is 44.0. The second-order valence-electron chi connectivity index (χ2n) is 8.19.